The number of imide groups is 1. The molecule has 1 saturated heterocycles. The van der Waals surface area contributed by atoms with Gasteiger partial charge in [-0.15, -0.1) is 11.3 Å². The highest BCUT2D eigenvalue weighted by Gasteiger charge is 2.44. The highest BCUT2D eigenvalue weighted by molar-refractivity contribution is 7.13. The summed E-state index contributed by atoms with van der Waals surface area (Å²) in [5, 5.41) is 16.7. The molecule has 4 amide bonds. The lowest BCUT2D eigenvalue weighted by Crippen LogP contribution is -2.68. The number of nitrogens with two attached hydrogens (primary N) is 1. The summed E-state index contributed by atoms with van der Waals surface area (Å²) in [6.45, 7) is 1.22. The van der Waals surface area contributed by atoms with E-state index in [1.165, 1.54) is 26.5 Å². The first-order valence-electron chi connectivity index (χ1n) is 7.61. The number of hydrogen-bond acceptors (Lipinski definition) is 9. The molecule has 0 aliphatic carbocycles. The fraction of sp³-hybridized carbons (Fsp3) is 0.429. The topological polar surface area (TPSA) is 168 Å². The minimum absolute atomic E-state index is 0.0977. The van der Waals surface area contributed by atoms with Gasteiger partial charge in [-0.3, -0.25) is 14.5 Å². The summed E-state index contributed by atoms with van der Waals surface area (Å²) < 4.78 is 0. The van der Waals surface area contributed by atoms with Crippen molar-refractivity contribution in [2.24, 2.45) is 5.16 Å². The van der Waals surface area contributed by atoms with Gasteiger partial charge in [0.2, 0.25) is 0 Å². The van der Waals surface area contributed by atoms with Crippen LogP contribution in [0.4, 0.5) is 9.93 Å². The summed E-state index contributed by atoms with van der Waals surface area (Å²) in [5.41, 5.74) is 5.55. The SMILES string of the molecule is CON=C(C(=O)N[C@H]1CN(C(=O)N(C)C(C)C(=O)O)C1=O)c1csc(N)n1. The van der Waals surface area contributed by atoms with Gasteiger partial charge >= 0.3 is 12.0 Å². The fourth-order valence-electron chi connectivity index (χ4n) is 2.15. The van der Waals surface area contributed by atoms with Crippen LogP contribution in [0.3, 0.4) is 0 Å². The van der Waals surface area contributed by atoms with Crippen molar-refractivity contribution < 1.29 is 29.1 Å². The molecule has 146 valence electrons. The van der Waals surface area contributed by atoms with Crippen LogP contribution in [0.15, 0.2) is 10.5 Å². The third kappa shape index (κ3) is 4.13. The smallest absolute Gasteiger partial charge is 0.327 e. The summed E-state index contributed by atoms with van der Waals surface area (Å²) in [6, 6.07) is -2.82. The van der Waals surface area contributed by atoms with Gasteiger partial charge in [-0.2, -0.15) is 0 Å². The first kappa shape index (κ1) is 20.1. The first-order chi connectivity index (χ1) is 12.7. The number of aliphatic carboxylic acids is 1. The van der Waals surface area contributed by atoms with Crippen molar-refractivity contribution in [1.82, 2.24) is 20.1 Å². The quantitative estimate of drug-likeness (QED) is 0.309. The maximum atomic E-state index is 12.4. The van der Waals surface area contributed by atoms with E-state index in [4.69, 9.17) is 10.8 Å². The maximum Gasteiger partial charge on any atom is 0.327 e. The Morgan fingerprint density at radius 3 is 2.70 bits per heavy atom. The van der Waals surface area contributed by atoms with E-state index < -0.39 is 35.9 Å². The second-order valence-electron chi connectivity index (χ2n) is 5.58. The highest BCUT2D eigenvalue weighted by atomic mass is 32.1. The van der Waals surface area contributed by atoms with E-state index in [-0.39, 0.29) is 23.1 Å². The molecule has 0 bridgehead atoms. The number of thiazole rings is 1. The number of carboxylic acid groups (broad SMARTS) is 1. The molecule has 27 heavy (non-hydrogen) atoms. The van der Waals surface area contributed by atoms with Gasteiger partial charge in [-0.1, -0.05) is 5.16 Å². The van der Waals surface area contributed by atoms with Crippen LogP contribution >= 0.6 is 11.3 Å². The van der Waals surface area contributed by atoms with Crippen LogP contribution in [0.25, 0.3) is 0 Å². The number of β-lactam (4-membered cyclic amide) rings is 1. The molecule has 0 radical (unpaired) electrons. The Labute approximate surface area is 157 Å². The lowest BCUT2D eigenvalue weighted by molar-refractivity contribution is -0.145. The van der Waals surface area contributed by atoms with Crippen molar-refractivity contribution in [3.05, 3.63) is 11.1 Å². The normalized spacial score (nSPS) is 17.7. The van der Waals surface area contributed by atoms with E-state index in [2.05, 4.69) is 20.3 Å². The first-order valence-corrected chi connectivity index (χ1v) is 8.49. The van der Waals surface area contributed by atoms with Gasteiger partial charge in [0.05, 0.1) is 6.54 Å². The van der Waals surface area contributed by atoms with Crippen LogP contribution in [0, 0.1) is 0 Å². The number of hydrogen-bond donors (Lipinski definition) is 3. The number of likely N-dealkylation sites (N-methyl/N-ethyl adjacent to an activating group) is 1. The number of aromatic nitrogens is 1. The molecule has 0 spiro atoms. The van der Waals surface area contributed by atoms with Crippen molar-refractivity contribution >= 4 is 46.0 Å². The molecule has 1 unspecified atom stereocenters. The third-order valence-electron chi connectivity index (χ3n) is 3.87. The summed E-state index contributed by atoms with van der Waals surface area (Å²) in [7, 11) is 2.52. The predicted molar refractivity (Wildman–Crippen MR) is 94.0 cm³/mol. The Hall–Kier alpha value is -3.22. The number of amides is 4. The Morgan fingerprint density at radius 1 is 1.56 bits per heavy atom. The molecular weight excluding hydrogens is 380 g/mol. The Morgan fingerprint density at radius 2 is 2.22 bits per heavy atom. The van der Waals surface area contributed by atoms with Gasteiger partial charge in [0.15, 0.2) is 10.8 Å². The van der Waals surface area contributed by atoms with E-state index in [0.717, 1.165) is 21.1 Å². The molecule has 1 fully saturated rings. The highest BCUT2D eigenvalue weighted by Crippen LogP contribution is 2.16. The molecule has 13 heteroatoms. The summed E-state index contributed by atoms with van der Waals surface area (Å²) in [6.07, 6.45) is 0. The molecule has 4 N–H and O–H groups in total. The van der Waals surface area contributed by atoms with E-state index in [1.807, 2.05) is 0 Å². The standard InChI is InChI=1S/C14H18N6O6S/c1-6(12(23)24)19(2)14(25)20-4-7(11(20)22)16-10(21)9(18-26-3)8-5-27-13(15)17-8/h5-7H,4H2,1-3H3,(H2,15,17)(H,16,21)(H,23,24)/t6?,7-/m0/s1. The van der Waals surface area contributed by atoms with Gasteiger partial charge < -0.3 is 25.9 Å². The number of nitrogens with one attached hydrogen (secondary N) is 1. The fourth-order valence-corrected chi connectivity index (χ4v) is 2.69. The second-order valence-corrected chi connectivity index (χ2v) is 6.47. The molecule has 0 saturated carbocycles. The van der Waals surface area contributed by atoms with Crippen molar-refractivity contribution in [2.75, 3.05) is 26.4 Å². The monoisotopic (exact) mass is 398 g/mol. The summed E-state index contributed by atoms with van der Waals surface area (Å²) in [4.78, 5) is 58.0. The Balaban J connectivity index is 2.00. The van der Waals surface area contributed by atoms with Crippen molar-refractivity contribution in [1.29, 1.82) is 0 Å². The van der Waals surface area contributed by atoms with Crippen LogP contribution < -0.4 is 11.1 Å². The number of urea groups is 1. The number of oxime groups is 1. The molecule has 12 nitrogen and oxygen atoms in total. The molecule has 1 aliphatic heterocycles. The lowest BCUT2D eigenvalue weighted by Gasteiger charge is -2.39. The predicted octanol–water partition coefficient (Wildman–Crippen LogP) is -1.07. The van der Waals surface area contributed by atoms with Crippen molar-refractivity contribution in [3.8, 4) is 0 Å². The third-order valence-corrected chi connectivity index (χ3v) is 4.54. The molecular formula is C14H18N6O6S. The number of nitrogens with zero attached hydrogens (tertiary/aromatic N) is 4. The average Bonchev–Trinajstić information content (AvgIpc) is 3.06. The molecule has 1 aliphatic rings. The number of carboxylic acids is 1. The Bertz CT molecular complexity index is 808. The number of carbonyl (C=O) groups excluding carboxylic acids is 3. The number of rotatable bonds is 6. The van der Waals surface area contributed by atoms with Crippen molar-refractivity contribution in [2.45, 2.75) is 19.0 Å². The van der Waals surface area contributed by atoms with Crippen LogP contribution in [0.5, 0.6) is 0 Å². The van der Waals surface area contributed by atoms with Crippen LogP contribution in [-0.4, -0.2) is 82.2 Å². The number of likely N-dealkylation sites (tertiary alicyclic amines) is 1. The number of carbonyl (C=O) groups is 4. The zero-order valence-electron chi connectivity index (χ0n) is 14.7. The number of anilines is 1. The van der Waals surface area contributed by atoms with Gasteiger partial charge in [0, 0.05) is 12.4 Å². The lowest BCUT2D eigenvalue weighted by atomic mass is 10.1. The van der Waals surface area contributed by atoms with Crippen molar-refractivity contribution in [3.63, 3.8) is 0 Å². The largest absolute Gasteiger partial charge is 0.480 e. The number of nitrogen functional groups attached to an aromatic ring is 1. The van der Waals surface area contributed by atoms with E-state index in [0.29, 0.717) is 0 Å². The van der Waals surface area contributed by atoms with Gasteiger partial charge in [0.25, 0.3) is 11.8 Å². The van der Waals surface area contributed by atoms with E-state index in [9.17, 15) is 19.2 Å². The zero-order valence-corrected chi connectivity index (χ0v) is 15.5. The molecule has 2 rings (SSSR count). The van der Waals surface area contributed by atoms with Crippen LogP contribution in [-0.2, 0) is 19.2 Å². The van der Waals surface area contributed by atoms with E-state index >= 15 is 0 Å². The Kier molecular flexibility index (Phi) is 5.95. The van der Waals surface area contributed by atoms with E-state index in [1.54, 1.807) is 0 Å². The molecule has 2 heterocycles. The molecule has 0 aromatic carbocycles. The van der Waals surface area contributed by atoms with Gasteiger partial charge in [-0.05, 0) is 6.92 Å². The minimum Gasteiger partial charge on any atom is -0.480 e. The summed E-state index contributed by atoms with van der Waals surface area (Å²) >= 11 is 1.10. The van der Waals surface area contributed by atoms with Gasteiger partial charge in [0.1, 0.15) is 24.9 Å². The molecule has 1 aromatic heterocycles. The molecule has 2 atom stereocenters. The minimum atomic E-state index is -1.20. The molecule has 1 aromatic rings. The van der Waals surface area contributed by atoms with Crippen LogP contribution in [0.2, 0.25) is 0 Å². The second kappa shape index (κ2) is 7.99. The van der Waals surface area contributed by atoms with Gasteiger partial charge in [-0.25, -0.2) is 14.6 Å². The summed E-state index contributed by atoms with van der Waals surface area (Å²) in [5.74, 6) is -2.58. The van der Waals surface area contributed by atoms with Crippen LogP contribution in [0.1, 0.15) is 12.6 Å². The average molecular weight is 398 g/mol. The maximum absolute atomic E-state index is 12.4. The zero-order chi connectivity index (χ0) is 20.3.